The van der Waals surface area contributed by atoms with Gasteiger partial charge in [-0.1, -0.05) is 5.46 Å². The molecule has 0 spiro atoms. The third-order valence-corrected chi connectivity index (χ3v) is 0.621. The Morgan fingerprint density at radius 3 is 2.57 bits per heavy atom. The van der Waals surface area contributed by atoms with Gasteiger partial charge in [-0.05, 0) is 0 Å². The normalized spacial score (nSPS) is 9.14. The molecule has 0 aliphatic rings. The van der Waals surface area contributed by atoms with E-state index in [0.717, 1.165) is 4.59 Å². The van der Waals surface area contributed by atoms with Crippen molar-refractivity contribution in [3.8, 4) is 0 Å². The van der Waals surface area contributed by atoms with Crippen molar-refractivity contribution in [3.63, 3.8) is 0 Å². The zero-order valence-electron chi connectivity index (χ0n) is 3.70. The average Bonchev–Trinajstić information content (AvgIpc) is 1.87. The number of hydrogen-bond acceptors (Lipinski definition) is 1. The van der Waals surface area contributed by atoms with Crippen molar-refractivity contribution >= 4 is 21.3 Å². The zero-order valence-corrected chi connectivity index (χ0v) is 3.70. The van der Waals surface area contributed by atoms with E-state index >= 15 is 0 Å². The summed E-state index contributed by atoms with van der Waals surface area (Å²) >= 11 is 0. The van der Waals surface area contributed by atoms with Crippen molar-refractivity contribution in [2.24, 2.45) is 0 Å². The van der Waals surface area contributed by atoms with E-state index in [2.05, 4.69) is 5.10 Å². The van der Waals surface area contributed by atoms with Crippen LogP contribution in [0.25, 0.3) is 0 Å². The molecule has 0 amide bonds. The quantitative estimate of drug-likeness (QED) is 0.357. The smallest absolute Gasteiger partial charge is 0.264 e. The molecule has 0 aromatic carbocycles. The Balaban J connectivity index is 3.04. The first kappa shape index (κ1) is 4.50. The highest BCUT2D eigenvalue weighted by molar-refractivity contribution is 6.32. The lowest BCUT2D eigenvalue weighted by molar-refractivity contribution is 0.992. The summed E-state index contributed by atoms with van der Waals surface area (Å²) in [5.41, 5.74) is 0.586. The second kappa shape index (κ2) is 1.45. The number of nitrogens with zero attached hydrogens (tertiary/aromatic N) is 2. The van der Waals surface area contributed by atoms with Crippen LogP contribution in [0.4, 0.5) is 0 Å². The minimum Gasteiger partial charge on any atom is -0.331 e. The summed E-state index contributed by atoms with van der Waals surface area (Å²) in [5.74, 6) is 0. The molecule has 0 unspecified atom stereocenters. The summed E-state index contributed by atoms with van der Waals surface area (Å²) in [6.07, 6.45) is 3.01. The summed E-state index contributed by atoms with van der Waals surface area (Å²) in [4.78, 5) is 0. The summed E-state index contributed by atoms with van der Waals surface area (Å²) in [5, 5.41) is 3.59. The van der Waals surface area contributed by atoms with Gasteiger partial charge in [-0.2, -0.15) is 5.10 Å². The highest BCUT2D eigenvalue weighted by Gasteiger charge is 1.81. The van der Waals surface area contributed by atoms with Crippen molar-refractivity contribution in [1.82, 2.24) is 9.69 Å². The van der Waals surface area contributed by atoms with Gasteiger partial charge in [0.05, 0.1) is 0 Å². The highest BCUT2D eigenvalue weighted by Crippen LogP contribution is 1.67. The molecule has 0 saturated heterocycles. The number of hydrogen-bond donors (Lipinski definition) is 0. The van der Waals surface area contributed by atoms with Gasteiger partial charge in [0.1, 0.15) is 7.85 Å². The predicted molar refractivity (Wildman–Crippen MR) is 28.8 cm³/mol. The van der Waals surface area contributed by atoms with Crippen LogP contribution in [-0.2, 0) is 0 Å². The molecule has 1 aromatic rings. The number of rotatable bonds is 0. The standard InChI is InChI=1S/C3H2B2N2/c4-3-1-6-7(5)2-3/h1-2H. The molecule has 4 heteroatoms. The van der Waals surface area contributed by atoms with Crippen molar-refractivity contribution in [1.29, 1.82) is 0 Å². The Kier molecular flexibility index (Phi) is 0.929. The molecule has 4 radical (unpaired) electrons. The monoisotopic (exact) mass is 88.0 g/mol. The Hall–Kier alpha value is -0.660. The van der Waals surface area contributed by atoms with E-state index in [1.165, 1.54) is 12.4 Å². The first-order valence-electron chi connectivity index (χ1n) is 1.84. The second-order valence-electron chi connectivity index (χ2n) is 1.25. The maximum Gasteiger partial charge on any atom is 0.264 e. The van der Waals surface area contributed by atoms with Crippen LogP contribution in [-0.4, -0.2) is 25.5 Å². The Morgan fingerprint density at radius 2 is 2.43 bits per heavy atom. The van der Waals surface area contributed by atoms with E-state index in [-0.39, 0.29) is 0 Å². The Labute approximate surface area is 44.4 Å². The van der Waals surface area contributed by atoms with Gasteiger partial charge in [0.15, 0.2) is 0 Å². The van der Waals surface area contributed by atoms with Crippen LogP contribution in [0.1, 0.15) is 0 Å². The maximum atomic E-state index is 5.22. The van der Waals surface area contributed by atoms with E-state index in [9.17, 15) is 0 Å². The molecule has 0 saturated carbocycles. The first-order chi connectivity index (χ1) is 3.29. The van der Waals surface area contributed by atoms with E-state index < -0.39 is 0 Å². The Morgan fingerprint density at radius 1 is 1.71 bits per heavy atom. The van der Waals surface area contributed by atoms with E-state index in [4.69, 9.17) is 15.8 Å². The van der Waals surface area contributed by atoms with Crippen LogP contribution >= 0.6 is 0 Å². The van der Waals surface area contributed by atoms with Crippen LogP contribution in [0.15, 0.2) is 12.4 Å². The van der Waals surface area contributed by atoms with Gasteiger partial charge in [0.25, 0.3) is 7.98 Å². The summed E-state index contributed by atoms with van der Waals surface area (Å²) in [7, 11) is 10.3. The van der Waals surface area contributed by atoms with Gasteiger partial charge in [-0.15, -0.1) is 0 Å². The Bertz CT molecular complexity index is 143. The molecule has 0 aliphatic heterocycles. The van der Waals surface area contributed by atoms with Gasteiger partial charge in [0.2, 0.25) is 0 Å². The fourth-order valence-corrected chi connectivity index (χ4v) is 0.353. The molecule has 30 valence electrons. The molecule has 0 fully saturated rings. The van der Waals surface area contributed by atoms with Gasteiger partial charge in [-0.25, -0.2) is 0 Å². The fourth-order valence-electron chi connectivity index (χ4n) is 0.353. The maximum absolute atomic E-state index is 5.22. The van der Waals surface area contributed by atoms with Crippen molar-refractivity contribution in [2.45, 2.75) is 0 Å². The lowest BCUT2D eigenvalue weighted by Gasteiger charge is -1.78. The predicted octanol–water partition coefficient (Wildman–Crippen LogP) is -1.39. The third-order valence-electron chi connectivity index (χ3n) is 0.621. The lowest BCUT2D eigenvalue weighted by atomic mass is 10.0. The summed E-state index contributed by atoms with van der Waals surface area (Å²) < 4.78 is 1.16. The van der Waals surface area contributed by atoms with Crippen LogP contribution in [0.5, 0.6) is 0 Å². The van der Waals surface area contributed by atoms with Crippen molar-refractivity contribution in [2.75, 3.05) is 0 Å². The van der Waals surface area contributed by atoms with Crippen LogP contribution in [0.2, 0.25) is 0 Å². The molecular weight excluding hydrogens is 85.7 g/mol. The molecule has 7 heavy (non-hydrogen) atoms. The molecule has 0 atom stereocenters. The molecular formula is C3H2B2N2. The van der Waals surface area contributed by atoms with Crippen molar-refractivity contribution in [3.05, 3.63) is 12.4 Å². The minimum absolute atomic E-state index is 0.586. The molecule has 1 rings (SSSR count). The van der Waals surface area contributed by atoms with Gasteiger partial charge >= 0.3 is 0 Å². The average molecular weight is 87.7 g/mol. The highest BCUT2D eigenvalue weighted by atomic mass is 15.2. The minimum atomic E-state index is 0.586. The third kappa shape index (κ3) is 0.856. The van der Waals surface area contributed by atoms with E-state index in [1.54, 1.807) is 0 Å². The summed E-state index contributed by atoms with van der Waals surface area (Å²) in [6.45, 7) is 0. The number of aromatic nitrogens is 2. The molecule has 2 nitrogen and oxygen atoms in total. The van der Waals surface area contributed by atoms with E-state index in [1.807, 2.05) is 0 Å². The van der Waals surface area contributed by atoms with Crippen LogP contribution in [0, 0.1) is 0 Å². The van der Waals surface area contributed by atoms with Gasteiger partial charge in [0, 0.05) is 12.4 Å². The van der Waals surface area contributed by atoms with Crippen molar-refractivity contribution < 1.29 is 0 Å². The molecule has 0 N–H and O–H groups in total. The molecule has 1 heterocycles. The van der Waals surface area contributed by atoms with Gasteiger partial charge in [-0.3, -0.25) is 0 Å². The molecule has 0 aliphatic carbocycles. The molecule has 1 aromatic heterocycles. The van der Waals surface area contributed by atoms with Crippen LogP contribution < -0.4 is 5.46 Å². The second-order valence-corrected chi connectivity index (χ2v) is 1.25. The zero-order chi connectivity index (χ0) is 5.28. The fraction of sp³-hybridized carbons (Fsp3) is 0. The summed E-state index contributed by atoms with van der Waals surface area (Å²) in [6, 6.07) is 0. The SMILES string of the molecule is [B]c1cnn([B])c1. The van der Waals surface area contributed by atoms with E-state index in [0.29, 0.717) is 5.46 Å². The van der Waals surface area contributed by atoms with Crippen LogP contribution in [0.3, 0.4) is 0 Å². The molecule has 0 bridgehead atoms. The topological polar surface area (TPSA) is 17.8 Å². The first-order valence-corrected chi connectivity index (χ1v) is 1.84. The lowest BCUT2D eigenvalue weighted by Crippen LogP contribution is -1.96. The largest absolute Gasteiger partial charge is 0.331 e. The van der Waals surface area contributed by atoms with Gasteiger partial charge < -0.3 is 4.59 Å².